The monoisotopic (exact) mass is 289 g/mol. The SMILES string of the molecule is Nc1nnc(-c2cc(Cl)cc(Cl)c2)c2ccccc12. The smallest absolute Gasteiger partial charge is 0.154 e. The first-order chi connectivity index (χ1) is 9.15. The molecule has 0 bridgehead atoms. The Morgan fingerprint density at radius 3 is 2.16 bits per heavy atom. The highest BCUT2D eigenvalue weighted by atomic mass is 35.5. The van der Waals surface area contributed by atoms with Gasteiger partial charge in [-0.3, -0.25) is 0 Å². The van der Waals surface area contributed by atoms with Gasteiger partial charge < -0.3 is 5.73 Å². The minimum atomic E-state index is 0.410. The Balaban J connectivity index is 2.34. The van der Waals surface area contributed by atoms with Gasteiger partial charge in [-0.1, -0.05) is 47.5 Å². The van der Waals surface area contributed by atoms with Crippen LogP contribution in [0.4, 0.5) is 5.82 Å². The Labute approximate surface area is 120 Å². The lowest BCUT2D eigenvalue weighted by Gasteiger charge is -2.07. The highest BCUT2D eigenvalue weighted by Gasteiger charge is 2.10. The molecule has 0 aliphatic heterocycles. The van der Waals surface area contributed by atoms with Gasteiger partial charge in [0, 0.05) is 26.4 Å². The summed E-state index contributed by atoms with van der Waals surface area (Å²) in [5.74, 6) is 0.410. The van der Waals surface area contributed by atoms with Crippen LogP contribution in [0.1, 0.15) is 0 Å². The lowest BCUT2D eigenvalue weighted by atomic mass is 10.0. The van der Waals surface area contributed by atoms with Gasteiger partial charge in [-0.05, 0) is 18.2 Å². The van der Waals surface area contributed by atoms with Crippen LogP contribution >= 0.6 is 23.2 Å². The van der Waals surface area contributed by atoms with Crippen LogP contribution in [0.3, 0.4) is 0 Å². The number of aromatic nitrogens is 2. The molecule has 0 aliphatic rings. The van der Waals surface area contributed by atoms with Gasteiger partial charge in [-0.15, -0.1) is 10.2 Å². The normalized spacial score (nSPS) is 10.8. The van der Waals surface area contributed by atoms with Gasteiger partial charge in [0.1, 0.15) is 5.69 Å². The van der Waals surface area contributed by atoms with Crippen LogP contribution in [0.25, 0.3) is 22.0 Å². The number of anilines is 1. The Kier molecular flexibility index (Phi) is 3.01. The number of hydrogen-bond donors (Lipinski definition) is 1. The van der Waals surface area contributed by atoms with Crippen LogP contribution in [0.2, 0.25) is 10.0 Å². The van der Waals surface area contributed by atoms with Crippen LogP contribution in [0.5, 0.6) is 0 Å². The first kappa shape index (κ1) is 12.2. The van der Waals surface area contributed by atoms with E-state index in [1.54, 1.807) is 18.2 Å². The third-order valence-electron chi connectivity index (χ3n) is 2.85. The zero-order valence-electron chi connectivity index (χ0n) is 9.77. The van der Waals surface area contributed by atoms with Crippen molar-refractivity contribution in [2.75, 3.05) is 5.73 Å². The number of nitrogens with zero attached hydrogens (tertiary/aromatic N) is 2. The van der Waals surface area contributed by atoms with Crippen molar-refractivity contribution in [1.82, 2.24) is 10.2 Å². The number of rotatable bonds is 1. The largest absolute Gasteiger partial charge is 0.382 e. The number of benzene rings is 2. The van der Waals surface area contributed by atoms with E-state index in [-0.39, 0.29) is 0 Å². The minimum Gasteiger partial charge on any atom is -0.382 e. The first-order valence-corrected chi connectivity index (χ1v) is 6.38. The summed E-state index contributed by atoms with van der Waals surface area (Å²) >= 11 is 12.1. The zero-order chi connectivity index (χ0) is 13.4. The molecule has 5 heteroatoms. The molecule has 3 nitrogen and oxygen atoms in total. The summed E-state index contributed by atoms with van der Waals surface area (Å²) in [6.45, 7) is 0. The highest BCUT2D eigenvalue weighted by molar-refractivity contribution is 6.35. The van der Waals surface area contributed by atoms with Gasteiger partial charge in [0.15, 0.2) is 5.82 Å². The fourth-order valence-corrected chi connectivity index (χ4v) is 2.55. The molecule has 1 aromatic heterocycles. The molecule has 3 aromatic rings. The summed E-state index contributed by atoms with van der Waals surface area (Å²) in [6, 6.07) is 13.0. The Hall–Kier alpha value is -1.84. The molecule has 1 heterocycles. The quantitative estimate of drug-likeness (QED) is 0.731. The van der Waals surface area contributed by atoms with Gasteiger partial charge in [-0.25, -0.2) is 0 Å². The van der Waals surface area contributed by atoms with Gasteiger partial charge in [-0.2, -0.15) is 0 Å². The van der Waals surface area contributed by atoms with Crippen molar-refractivity contribution in [2.24, 2.45) is 0 Å². The van der Waals surface area contributed by atoms with E-state index in [9.17, 15) is 0 Å². The second-order valence-corrected chi connectivity index (χ2v) is 5.01. The van der Waals surface area contributed by atoms with Crippen molar-refractivity contribution in [3.63, 3.8) is 0 Å². The fraction of sp³-hybridized carbons (Fsp3) is 0. The highest BCUT2D eigenvalue weighted by Crippen LogP contribution is 2.31. The van der Waals surface area contributed by atoms with Crippen LogP contribution in [0, 0.1) is 0 Å². The summed E-state index contributed by atoms with van der Waals surface area (Å²) in [6.07, 6.45) is 0. The predicted octanol–water partition coefficient (Wildman–Crippen LogP) is 4.19. The number of hydrogen-bond acceptors (Lipinski definition) is 3. The first-order valence-electron chi connectivity index (χ1n) is 5.62. The standard InChI is InChI=1S/C14H9Cl2N3/c15-9-5-8(6-10(16)7-9)13-11-3-1-2-4-12(11)14(17)19-18-13/h1-7H,(H2,17,19). The van der Waals surface area contributed by atoms with Gasteiger partial charge >= 0.3 is 0 Å². The van der Waals surface area contributed by atoms with E-state index in [1.165, 1.54) is 0 Å². The van der Waals surface area contributed by atoms with Gasteiger partial charge in [0.2, 0.25) is 0 Å². The van der Waals surface area contributed by atoms with Crippen LogP contribution in [0.15, 0.2) is 42.5 Å². The van der Waals surface area contributed by atoms with E-state index in [2.05, 4.69) is 10.2 Å². The zero-order valence-corrected chi connectivity index (χ0v) is 11.3. The maximum atomic E-state index is 6.03. The average Bonchev–Trinajstić information content (AvgIpc) is 2.38. The maximum Gasteiger partial charge on any atom is 0.154 e. The molecule has 0 saturated carbocycles. The van der Waals surface area contributed by atoms with E-state index in [0.717, 1.165) is 16.3 Å². The molecule has 0 atom stereocenters. The molecule has 0 unspecified atom stereocenters. The van der Waals surface area contributed by atoms with E-state index < -0.39 is 0 Å². The summed E-state index contributed by atoms with van der Waals surface area (Å²) < 4.78 is 0. The van der Waals surface area contributed by atoms with Crippen molar-refractivity contribution in [3.8, 4) is 11.3 Å². The molecule has 0 radical (unpaired) electrons. The molecule has 0 amide bonds. The van der Waals surface area contributed by atoms with Crippen LogP contribution < -0.4 is 5.73 Å². The predicted molar refractivity (Wildman–Crippen MR) is 79.4 cm³/mol. The van der Waals surface area contributed by atoms with E-state index in [0.29, 0.717) is 21.6 Å². The average molecular weight is 290 g/mol. The topological polar surface area (TPSA) is 51.8 Å². The summed E-state index contributed by atoms with van der Waals surface area (Å²) in [7, 11) is 0. The van der Waals surface area contributed by atoms with E-state index in [1.807, 2.05) is 24.3 Å². The molecule has 3 rings (SSSR count). The Bertz CT molecular complexity index is 751. The van der Waals surface area contributed by atoms with Crippen molar-refractivity contribution in [2.45, 2.75) is 0 Å². The number of nitrogen functional groups attached to an aromatic ring is 1. The molecule has 0 fully saturated rings. The molecular weight excluding hydrogens is 281 g/mol. The lowest BCUT2D eigenvalue weighted by Crippen LogP contribution is -1.97. The molecule has 0 aliphatic carbocycles. The Morgan fingerprint density at radius 2 is 1.47 bits per heavy atom. The van der Waals surface area contributed by atoms with Crippen molar-refractivity contribution in [3.05, 3.63) is 52.5 Å². The molecule has 19 heavy (non-hydrogen) atoms. The molecule has 0 saturated heterocycles. The maximum absolute atomic E-state index is 6.03. The fourth-order valence-electron chi connectivity index (χ4n) is 2.03. The van der Waals surface area contributed by atoms with Gasteiger partial charge in [0.05, 0.1) is 0 Å². The third-order valence-corrected chi connectivity index (χ3v) is 3.29. The summed E-state index contributed by atoms with van der Waals surface area (Å²) in [5.41, 5.74) is 7.37. The lowest BCUT2D eigenvalue weighted by molar-refractivity contribution is 1.07. The van der Waals surface area contributed by atoms with Crippen molar-refractivity contribution < 1.29 is 0 Å². The van der Waals surface area contributed by atoms with E-state index in [4.69, 9.17) is 28.9 Å². The number of halogens is 2. The second kappa shape index (κ2) is 4.68. The van der Waals surface area contributed by atoms with Crippen molar-refractivity contribution >= 4 is 39.8 Å². The van der Waals surface area contributed by atoms with Crippen LogP contribution in [-0.2, 0) is 0 Å². The molecule has 0 spiro atoms. The van der Waals surface area contributed by atoms with Gasteiger partial charge in [0.25, 0.3) is 0 Å². The summed E-state index contributed by atoms with van der Waals surface area (Å²) in [4.78, 5) is 0. The number of nitrogens with two attached hydrogens (primary N) is 1. The molecule has 2 N–H and O–H groups in total. The minimum absolute atomic E-state index is 0.410. The number of fused-ring (bicyclic) bond motifs is 1. The second-order valence-electron chi connectivity index (χ2n) is 4.14. The van der Waals surface area contributed by atoms with Crippen LogP contribution in [-0.4, -0.2) is 10.2 Å². The summed E-state index contributed by atoms with van der Waals surface area (Å²) in [5, 5.41) is 11.1. The molecule has 2 aromatic carbocycles. The van der Waals surface area contributed by atoms with E-state index >= 15 is 0 Å². The van der Waals surface area contributed by atoms with Crippen molar-refractivity contribution in [1.29, 1.82) is 0 Å². The Morgan fingerprint density at radius 1 is 0.842 bits per heavy atom. The molecular formula is C14H9Cl2N3. The third kappa shape index (κ3) is 2.23. The molecule has 94 valence electrons.